The number of hydrogen-bond donors (Lipinski definition) is 2. The highest BCUT2D eigenvalue weighted by Gasteiger charge is 2.32. The topological polar surface area (TPSA) is 55.8 Å². The number of halogens is 3. The zero-order valence-corrected chi connectivity index (χ0v) is 16.9. The first kappa shape index (κ1) is 22.3. The van der Waals surface area contributed by atoms with Crippen molar-refractivity contribution in [3.05, 3.63) is 23.9 Å². The molecule has 0 atom stereocenters. The molecule has 0 saturated carbocycles. The van der Waals surface area contributed by atoms with Crippen molar-refractivity contribution in [1.29, 1.82) is 0 Å². The van der Waals surface area contributed by atoms with Crippen molar-refractivity contribution in [3.63, 3.8) is 0 Å². The molecule has 0 radical (unpaired) electrons. The van der Waals surface area contributed by atoms with Crippen LogP contribution < -0.4 is 15.5 Å². The van der Waals surface area contributed by atoms with Crippen LogP contribution in [0.3, 0.4) is 0 Å². The summed E-state index contributed by atoms with van der Waals surface area (Å²) in [6.07, 6.45) is -1.56. The maximum Gasteiger partial charge on any atom is 0.401 e. The van der Waals surface area contributed by atoms with E-state index >= 15 is 0 Å². The minimum Gasteiger partial charge on any atom is -0.363 e. The second-order valence-electron chi connectivity index (χ2n) is 7.36. The van der Waals surface area contributed by atoms with Gasteiger partial charge in [-0.05, 0) is 50.4 Å². The highest BCUT2D eigenvalue weighted by atomic mass is 19.4. The van der Waals surface area contributed by atoms with Gasteiger partial charge in [0.1, 0.15) is 5.82 Å². The van der Waals surface area contributed by atoms with Gasteiger partial charge in [0.05, 0.1) is 18.8 Å². The fraction of sp³-hybridized carbons (Fsp3) is 0.684. The monoisotopic (exact) mass is 400 g/mol. The summed E-state index contributed by atoms with van der Waals surface area (Å²) in [6, 6.07) is 5.89. The first-order valence-corrected chi connectivity index (χ1v) is 9.63. The molecule has 9 heteroatoms. The van der Waals surface area contributed by atoms with Crippen molar-refractivity contribution < 1.29 is 13.2 Å². The average Bonchev–Trinajstić information content (AvgIpc) is 2.65. The fourth-order valence-corrected chi connectivity index (χ4v) is 3.29. The average molecular weight is 400 g/mol. The van der Waals surface area contributed by atoms with Gasteiger partial charge < -0.3 is 15.5 Å². The summed E-state index contributed by atoms with van der Waals surface area (Å²) in [7, 11) is 5.62. The van der Waals surface area contributed by atoms with Crippen LogP contribution in [0.4, 0.5) is 19.0 Å². The number of guanidine groups is 1. The van der Waals surface area contributed by atoms with E-state index < -0.39 is 12.7 Å². The Hall–Kier alpha value is -2.03. The molecule has 1 aliphatic heterocycles. The molecule has 0 bridgehead atoms. The maximum absolute atomic E-state index is 12.4. The molecule has 0 aromatic carbocycles. The molecule has 28 heavy (non-hydrogen) atoms. The summed E-state index contributed by atoms with van der Waals surface area (Å²) in [4.78, 5) is 12.2. The van der Waals surface area contributed by atoms with E-state index in [1.807, 2.05) is 37.2 Å². The zero-order valence-electron chi connectivity index (χ0n) is 16.9. The summed E-state index contributed by atoms with van der Waals surface area (Å²) in [5.41, 5.74) is 0.922. The van der Waals surface area contributed by atoms with E-state index in [1.165, 1.54) is 4.90 Å². The van der Waals surface area contributed by atoms with Crippen LogP contribution in [0.25, 0.3) is 0 Å². The van der Waals surface area contributed by atoms with E-state index in [-0.39, 0.29) is 0 Å². The summed E-state index contributed by atoms with van der Waals surface area (Å²) < 4.78 is 37.3. The number of nitrogens with zero attached hydrogens (tertiary/aromatic N) is 4. The van der Waals surface area contributed by atoms with Gasteiger partial charge in [-0.15, -0.1) is 0 Å². The Bertz CT molecular complexity index is 624. The molecule has 0 spiro atoms. The van der Waals surface area contributed by atoms with Gasteiger partial charge in [0.15, 0.2) is 5.96 Å². The van der Waals surface area contributed by atoms with E-state index in [4.69, 9.17) is 0 Å². The molecule has 0 aliphatic carbocycles. The third-order valence-corrected chi connectivity index (χ3v) is 4.87. The number of likely N-dealkylation sites (tertiary alicyclic amines) is 1. The molecular weight excluding hydrogens is 369 g/mol. The van der Waals surface area contributed by atoms with Crippen molar-refractivity contribution in [1.82, 2.24) is 20.5 Å². The number of piperidine rings is 1. The molecule has 0 amide bonds. The number of pyridine rings is 1. The molecule has 2 N–H and O–H groups in total. The Kier molecular flexibility index (Phi) is 8.35. The summed E-state index contributed by atoms with van der Waals surface area (Å²) in [5, 5.41) is 6.53. The number of aromatic nitrogens is 1. The van der Waals surface area contributed by atoms with Crippen LogP contribution in [-0.4, -0.2) is 69.3 Å². The van der Waals surface area contributed by atoms with Crippen molar-refractivity contribution in [2.24, 2.45) is 10.9 Å². The van der Waals surface area contributed by atoms with Gasteiger partial charge >= 0.3 is 6.18 Å². The predicted octanol–water partition coefficient (Wildman–Crippen LogP) is 2.48. The van der Waals surface area contributed by atoms with Crippen molar-refractivity contribution in [2.45, 2.75) is 32.0 Å². The molecule has 2 heterocycles. The van der Waals surface area contributed by atoms with Gasteiger partial charge in [-0.2, -0.15) is 13.2 Å². The Morgan fingerprint density at radius 2 is 1.96 bits per heavy atom. The minimum absolute atomic E-state index is 0.452. The number of rotatable bonds is 7. The van der Waals surface area contributed by atoms with Crippen molar-refractivity contribution >= 4 is 11.8 Å². The number of alkyl halides is 3. The Balaban J connectivity index is 1.67. The minimum atomic E-state index is -4.10. The highest BCUT2D eigenvalue weighted by molar-refractivity contribution is 5.79. The molecule has 2 rings (SSSR count). The molecular formula is C19H31F3N6. The Labute approximate surface area is 165 Å². The number of anilines is 1. The lowest BCUT2D eigenvalue weighted by Crippen LogP contribution is -2.41. The lowest BCUT2D eigenvalue weighted by molar-refractivity contribution is -0.148. The van der Waals surface area contributed by atoms with Crippen LogP contribution in [0.15, 0.2) is 23.2 Å². The lowest BCUT2D eigenvalue weighted by Gasteiger charge is -2.32. The van der Waals surface area contributed by atoms with E-state index in [2.05, 4.69) is 20.6 Å². The van der Waals surface area contributed by atoms with Gasteiger partial charge in [0, 0.05) is 27.7 Å². The number of nitrogens with one attached hydrogen (secondary N) is 2. The lowest BCUT2D eigenvalue weighted by atomic mass is 9.93. The van der Waals surface area contributed by atoms with Gasteiger partial charge in [-0.25, -0.2) is 4.98 Å². The van der Waals surface area contributed by atoms with Crippen molar-refractivity contribution in [2.75, 3.05) is 52.2 Å². The zero-order chi connectivity index (χ0) is 20.6. The van der Waals surface area contributed by atoms with E-state index in [0.717, 1.165) is 37.3 Å². The van der Waals surface area contributed by atoms with Crippen LogP contribution in [0.5, 0.6) is 0 Å². The van der Waals surface area contributed by atoms with E-state index in [9.17, 15) is 13.2 Å². The van der Waals surface area contributed by atoms with Crippen LogP contribution in [0.2, 0.25) is 0 Å². The molecule has 1 saturated heterocycles. The Morgan fingerprint density at radius 3 is 2.57 bits per heavy atom. The number of aliphatic imine (C=N–C) groups is 1. The van der Waals surface area contributed by atoms with Gasteiger partial charge in [-0.3, -0.25) is 9.89 Å². The molecule has 1 aromatic rings. The fourth-order valence-electron chi connectivity index (χ4n) is 3.29. The smallest absolute Gasteiger partial charge is 0.363 e. The molecule has 6 nitrogen and oxygen atoms in total. The van der Waals surface area contributed by atoms with Crippen LogP contribution in [0.1, 0.15) is 25.0 Å². The quantitative estimate of drug-likeness (QED) is 0.544. The van der Waals surface area contributed by atoms with Crippen molar-refractivity contribution in [3.8, 4) is 0 Å². The summed E-state index contributed by atoms with van der Waals surface area (Å²) in [5.74, 6) is 2.05. The van der Waals surface area contributed by atoms with Crippen LogP contribution >= 0.6 is 0 Å². The molecule has 158 valence electrons. The third-order valence-electron chi connectivity index (χ3n) is 4.87. The van der Waals surface area contributed by atoms with Crippen LogP contribution in [-0.2, 0) is 6.54 Å². The molecule has 1 fully saturated rings. The van der Waals surface area contributed by atoms with E-state index in [1.54, 1.807) is 7.05 Å². The third kappa shape index (κ3) is 7.92. The van der Waals surface area contributed by atoms with Gasteiger partial charge in [0.25, 0.3) is 0 Å². The second-order valence-corrected chi connectivity index (χ2v) is 7.36. The van der Waals surface area contributed by atoms with Gasteiger partial charge in [0.2, 0.25) is 0 Å². The molecule has 1 aliphatic rings. The predicted molar refractivity (Wildman–Crippen MR) is 107 cm³/mol. The maximum atomic E-state index is 12.4. The first-order chi connectivity index (χ1) is 13.3. The summed E-state index contributed by atoms with van der Waals surface area (Å²) >= 11 is 0. The largest absolute Gasteiger partial charge is 0.401 e. The second kappa shape index (κ2) is 10.5. The normalized spacial score (nSPS) is 16.9. The number of hydrogen-bond acceptors (Lipinski definition) is 4. The SMILES string of the molecule is CN=C(NCCC1CCN(CC(F)(F)F)CC1)NCc1cccc(N(C)C)n1. The first-order valence-electron chi connectivity index (χ1n) is 9.63. The van der Waals surface area contributed by atoms with E-state index in [0.29, 0.717) is 31.5 Å². The Morgan fingerprint density at radius 1 is 1.25 bits per heavy atom. The summed E-state index contributed by atoms with van der Waals surface area (Å²) in [6.45, 7) is 1.56. The molecule has 1 aromatic heterocycles. The van der Waals surface area contributed by atoms with Gasteiger partial charge in [-0.1, -0.05) is 6.07 Å². The molecule has 0 unspecified atom stereocenters. The standard InChI is InChI=1S/C19H31F3N6/c1-23-18(25-13-16-5-4-6-17(26-16)27(2)3)24-10-7-15-8-11-28(12-9-15)14-19(20,21)22/h4-6,15H,7-14H2,1-3H3,(H2,23,24,25). The van der Waals surface area contributed by atoms with Crippen LogP contribution in [0, 0.1) is 5.92 Å². The highest BCUT2D eigenvalue weighted by Crippen LogP contribution is 2.23.